The van der Waals surface area contributed by atoms with E-state index in [1.54, 1.807) is 33.0 Å². The Bertz CT molecular complexity index is 2040. The van der Waals surface area contributed by atoms with Gasteiger partial charge in [-0.2, -0.15) is 0 Å². The molecule has 0 saturated heterocycles. The van der Waals surface area contributed by atoms with E-state index in [0.29, 0.717) is 22.8 Å². The van der Waals surface area contributed by atoms with E-state index in [1.807, 2.05) is 71.4 Å². The minimum Gasteiger partial charge on any atom is -0.505 e. The van der Waals surface area contributed by atoms with E-state index in [4.69, 9.17) is 17.3 Å². The monoisotopic (exact) mass is 731 g/mol. The fraction of sp³-hybridized carbons (Fsp3) is 0.257. The number of hydrogen-bond acceptors (Lipinski definition) is 5. The molecule has 1 aliphatic rings. The molecule has 3 heterocycles. The molecule has 0 aliphatic carbocycles. The summed E-state index contributed by atoms with van der Waals surface area (Å²) in [7, 11) is 1.95. The van der Waals surface area contributed by atoms with Crippen molar-refractivity contribution < 1.29 is 38.5 Å². The Morgan fingerprint density at radius 3 is 2.24 bits per heavy atom. The second-order valence-corrected chi connectivity index (χ2v) is 11.1. The second kappa shape index (κ2) is 10.3. The first-order chi connectivity index (χ1) is 22.7. The van der Waals surface area contributed by atoms with E-state index in [0.717, 1.165) is 17.1 Å². The van der Waals surface area contributed by atoms with Gasteiger partial charge >= 0.3 is 0 Å². The third-order valence-electron chi connectivity index (χ3n) is 7.29. The number of benzene rings is 3. The summed E-state index contributed by atoms with van der Waals surface area (Å²) < 4.78 is 75.4. The minimum atomic E-state index is -3.50. The van der Waals surface area contributed by atoms with Crippen molar-refractivity contribution in [3.05, 3.63) is 96.2 Å². The molecule has 3 aromatic carbocycles. The summed E-state index contributed by atoms with van der Waals surface area (Å²) in [6.45, 7) is -5.23. The molecule has 0 bridgehead atoms. The molecule has 212 valence electrons. The third-order valence-corrected chi connectivity index (χ3v) is 7.29. The van der Waals surface area contributed by atoms with Crippen molar-refractivity contribution in [3.8, 4) is 17.0 Å². The van der Waals surface area contributed by atoms with E-state index < -0.39 is 36.9 Å². The van der Waals surface area contributed by atoms with Crippen molar-refractivity contribution >= 4 is 39.5 Å². The SMILES string of the molecule is [2H]C([2H])([2H])C(c1cc(C(C)(C)C)c(O)c2nc(-c3[c-]c4c(cc3)N(C)c3ccccc3N4c3ccccn3)ccc12)(C([2H])([2H])[2H])C([2H])([2H])[2H].[Pt]. The van der Waals surface area contributed by atoms with Crippen molar-refractivity contribution in [2.75, 3.05) is 16.8 Å². The molecule has 1 aliphatic heterocycles. The van der Waals surface area contributed by atoms with Gasteiger partial charge in [0.15, 0.2) is 0 Å². The van der Waals surface area contributed by atoms with Gasteiger partial charge in [0.25, 0.3) is 0 Å². The Morgan fingerprint density at radius 2 is 1.56 bits per heavy atom. The maximum Gasteiger partial charge on any atom is 0.144 e. The van der Waals surface area contributed by atoms with E-state index >= 15 is 0 Å². The molecule has 0 fully saturated rings. The van der Waals surface area contributed by atoms with Gasteiger partial charge in [-0.3, -0.25) is 4.98 Å². The Morgan fingerprint density at radius 1 is 0.829 bits per heavy atom. The predicted octanol–water partition coefficient (Wildman–Crippen LogP) is 8.95. The van der Waals surface area contributed by atoms with Crippen LogP contribution >= 0.6 is 0 Å². The van der Waals surface area contributed by atoms with Crippen LogP contribution in [0, 0.1) is 6.07 Å². The molecule has 5 nitrogen and oxygen atoms in total. The molecule has 5 aromatic rings. The topological polar surface area (TPSA) is 52.5 Å². The zero-order valence-corrected chi connectivity index (χ0v) is 25.3. The Labute approximate surface area is 269 Å². The first-order valence-corrected chi connectivity index (χ1v) is 13.0. The zero-order chi connectivity index (χ0) is 35.9. The number of aromatic nitrogens is 2. The van der Waals surface area contributed by atoms with Gasteiger partial charge in [0.1, 0.15) is 17.1 Å². The number of pyridine rings is 2. The quantitative estimate of drug-likeness (QED) is 0.184. The van der Waals surface area contributed by atoms with Crippen molar-refractivity contribution in [1.29, 1.82) is 0 Å². The summed E-state index contributed by atoms with van der Waals surface area (Å²) in [6, 6.07) is 24.9. The zero-order valence-electron chi connectivity index (χ0n) is 32.1. The fourth-order valence-electron chi connectivity index (χ4n) is 5.28. The van der Waals surface area contributed by atoms with Gasteiger partial charge in [-0.1, -0.05) is 77.7 Å². The largest absolute Gasteiger partial charge is 0.505 e. The van der Waals surface area contributed by atoms with E-state index in [-0.39, 0.29) is 43.3 Å². The standard InChI is InChI=1S/C35H35N4O.Pt/c1-34(2,3)24-21-25(35(4,5)6)33(40)32-23(24)16-17-26(37-32)22-15-18-28-30(20-22)39(31-14-10-11-19-36-31)29-13-9-8-12-27(29)38(28)7;/h8-19,21,40H,1-7H3;/q-1;/i1D3,2D3,3D3;. The molecule has 0 saturated carbocycles. The van der Waals surface area contributed by atoms with Crippen LogP contribution in [0.15, 0.2) is 79.0 Å². The number of fused-ring (bicyclic) bond motifs is 3. The third kappa shape index (κ3) is 4.91. The van der Waals surface area contributed by atoms with Crippen LogP contribution < -0.4 is 9.80 Å². The second-order valence-electron chi connectivity index (χ2n) is 11.1. The number of anilines is 5. The molecule has 0 radical (unpaired) electrons. The van der Waals surface area contributed by atoms with Crippen LogP contribution in [-0.2, 0) is 31.9 Å². The van der Waals surface area contributed by atoms with Crippen LogP contribution in [0.3, 0.4) is 0 Å². The maximum atomic E-state index is 11.7. The predicted molar refractivity (Wildman–Crippen MR) is 166 cm³/mol. The summed E-state index contributed by atoms with van der Waals surface area (Å²) in [6.07, 6.45) is 1.70. The fourth-order valence-corrected chi connectivity index (χ4v) is 5.28. The summed E-state index contributed by atoms with van der Waals surface area (Å²) in [4.78, 5) is 13.4. The molecule has 0 unspecified atom stereocenters. The Kier molecular flexibility index (Phi) is 4.88. The van der Waals surface area contributed by atoms with Crippen molar-refractivity contribution in [1.82, 2.24) is 9.97 Å². The van der Waals surface area contributed by atoms with Gasteiger partial charge in [-0.25, -0.2) is 4.98 Å². The first kappa shape index (κ1) is 19.4. The number of phenolic OH excluding ortho intramolecular Hbond substituents is 1. The molecule has 41 heavy (non-hydrogen) atoms. The number of rotatable bonds is 2. The van der Waals surface area contributed by atoms with Crippen molar-refractivity contribution in [2.24, 2.45) is 0 Å². The number of hydrogen-bond donors (Lipinski definition) is 1. The smallest absolute Gasteiger partial charge is 0.144 e. The van der Waals surface area contributed by atoms with Crippen molar-refractivity contribution in [2.45, 2.75) is 52.2 Å². The van der Waals surface area contributed by atoms with Crippen LogP contribution in [0.5, 0.6) is 5.75 Å². The Balaban J connectivity index is 0.00000486. The maximum absolute atomic E-state index is 11.7. The molecule has 1 N–H and O–H groups in total. The van der Waals surface area contributed by atoms with Crippen LogP contribution in [0.2, 0.25) is 0 Å². The molecule has 6 rings (SSSR count). The number of nitrogens with zero attached hydrogens (tertiary/aromatic N) is 4. The van der Waals surface area contributed by atoms with Gasteiger partial charge in [0.2, 0.25) is 0 Å². The van der Waals surface area contributed by atoms with Crippen molar-refractivity contribution in [3.63, 3.8) is 0 Å². The Hall–Kier alpha value is -3.69. The summed E-state index contributed by atoms with van der Waals surface area (Å²) in [5.74, 6) is 0.363. The van der Waals surface area contributed by atoms with Gasteiger partial charge < -0.3 is 14.9 Å². The minimum absolute atomic E-state index is 0. The number of aromatic hydroxyl groups is 1. The average Bonchev–Trinajstić information content (AvgIpc) is 3.00. The number of para-hydroxylation sites is 2. The van der Waals surface area contributed by atoms with Gasteiger partial charge in [-0.15, -0.1) is 23.8 Å². The van der Waals surface area contributed by atoms with Crippen LogP contribution in [-0.4, -0.2) is 22.1 Å². The van der Waals surface area contributed by atoms with Gasteiger partial charge in [0, 0.05) is 57.6 Å². The van der Waals surface area contributed by atoms with Gasteiger partial charge in [-0.05, 0) is 57.7 Å². The van der Waals surface area contributed by atoms with Crippen LogP contribution in [0.4, 0.5) is 28.6 Å². The van der Waals surface area contributed by atoms with Crippen LogP contribution in [0.25, 0.3) is 22.2 Å². The summed E-state index contributed by atoms with van der Waals surface area (Å²) in [5, 5.41) is 11.6. The first-order valence-electron chi connectivity index (χ1n) is 17.5. The molecular formula is C35H35N4OPt-. The molecule has 6 heteroatoms. The van der Waals surface area contributed by atoms with Gasteiger partial charge in [0.05, 0.1) is 11.4 Å². The molecule has 0 amide bonds. The van der Waals surface area contributed by atoms with E-state index in [9.17, 15) is 5.11 Å². The molecule has 0 atom stereocenters. The van der Waals surface area contributed by atoms with Crippen LogP contribution in [0.1, 0.15) is 64.8 Å². The average molecular weight is 732 g/mol. The van der Waals surface area contributed by atoms with E-state index in [2.05, 4.69) is 11.1 Å². The normalized spacial score (nSPS) is 17.2. The summed E-state index contributed by atoms with van der Waals surface area (Å²) in [5.41, 5.74) is -0.327. The van der Waals surface area contributed by atoms with E-state index in [1.165, 1.54) is 12.1 Å². The molecule has 0 spiro atoms. The number of phenols is 1. The molecular weight excluding hydrogens is 687 g/mol. The molecule has 2 aromatic heterocycles. The summed E-state index contributed by atoms with van der Waals surface area (Å²) >= 11 is 0.